The van der Waals surface area contributed by atoms with E-state index < -0.39 is 0 Å². The average Bonchev–Trinajstić information content (AvgIpc) is 3.32. The summed E-state index contributed by atoms with van der Waals surface area (Å²) in [5.41, 5.74) is 2.54. The third kappa shape index (κ3) is 3.21. The van der Waals surface area contributed by atoms with Gasteiger partial charge in [0.05, 0.1) is 10.2 Å². The Bertz CT molecular complexity index is 892. The SMILES string of the molecule is O=C(NCCc1ccccc1F)c1cc2sccc2n1C1CCCC1. The van der Waals surface area contributed by atoms with Gasteiger partial charge in [-0.2, -0.15) is 0 Å². The Morgan fingerprint density at radius 3 is 2.84 bits per heavy atom. The lowest BCUT2D eigenvalue weighted by atomic mass is 10.1. The lowest BCUT2D eigenvalue weighted by Gasteiger charge is -2.17. The number of carbonyl (C=O) groups excluding carboxylic acids is 1. The minimum atomic E-state index is -0.216. The first kappa shape index (κ1) is 16.3. The molecule has 0 atom stereocenters. The van der Waals surface area contributed by atoms with Crippen LogP contribution in [0.4, 0.5) is 4.39 Å². The number of benzene rings is 1. The first-order valence-corrected chi connectivity index (χ1v) is 9.72. The van der Waals surface area contributed by atoms with Crippen LogP contribution in [0.2, 0.25) is 0 Å². The van der Waals surface area contributed by atoms with E-state index in [4.69, 9.17) is 0 Å². The van der Waals surface area contributed by atoms with Gasteiger partial charge in [0, 0.05) is 12.6 Å². The van der Waals surface area contributed by atoms with E-state index in [1.807, 2.05) is 12.1 Å². The number of thiophene rings is 1. The standard InChI is InChI=1S/C20H21FN2OS/c21-16-8-4-1-5-14(16)9-11-22-20(24)18-13-19-17(10-12-25-19)23(18)15-6-2-3-7-15/h1,4-5,8,10,12-13,15H,2-3,6-7,9,11H2,(H,22,24). The van der Waals surface area contributed by atoms with Gasteiger partial charge in [-0.15, -0.1) is 11.3 Å². The van der Waals surface area contributed by atoms with E-state index in [-0.39, 0.29) is 11.7 Å². The molecule has 0 bridgehead atoms. The van der Waals surface area contributed by atoms with E-state index in [1.54, 1.807) is 23.5 Å². The summed E-state index contributed by atoms with van der Waals surface area (Å²) in [7, 11) is 0. The highest BCUT2D eigenvalue weighted by atomic mass is 32.1. The van der Waals surface area contributed by atoms with Crippen LogP contribution in [0.1, 0.15) is 47.8 Å². The number of hydrogen-bond acceptors (Lipinski definition) is 2. The molecule has 0 aliphatic heterocycles. The molecule has 1 fully saturated rings. The van der Waals surface area contributed by atoms with Gasteiger partial charge >= 0.3 is 0 Å². The van der Waals surface area contributed by atoms with E-state index in [0.29, 0.717) is 24.6 Å². The predicted molar refractivity (Wildman–Crippen MR) is 99.8 cm³/mol. The molecule has 1 aliphatic carbocycles. The highest BCUT2D eigenvalue weighted by Gasteiger charge is 2.24. The molecule has 0 radical (unpaired) electrons. The summed E-state index contributed by atoms with van der Waals surface area (Å²) in [5, 5.41) is 5.05. The second-order valence-corrected chi connectivity index (χ2v) is 7.55. The summed E-state index contributed by atoms with van der Waals surface area (Å²) < 4.78 is 17.1. The first-order valence-electron chi connectivity index (χ1n) is 8.84. The van der Waals surface area contributed by atoms with Crippen molar-refractivity contribution in [1.29, 1.82) is 0 Å². The number of fused-ring (bicyclic) bond motifs is 1. The minimum Gasteiger partial charge on any atom is -0.350 e. The Morgan fingerprint density at radius 1 is 1.24 bits per heavy atom. The quantitative estimate of drug-likeness (QED) is 0.691. The second-order valence-electron chi connectivity index (χ2n) is 6.61. The van der Waals surface area contributed by atoms with E-state index in [9.17, 15) is 9.18 Å². The molecule has 1 aromatic carbocycles. The summed E-state index contributed by atoms with van der Waals surface area (Å²) in [6.45, 7) is 0.434. The molecular weight excluding hydrogens is 335 g/mol. The van der Waals surface area contributed by atoms with Crippen LogP contribution < -0.4 is 5.32 Å². The Labute approximate surface area is 150 Å². The van der Waals surface area contributed by atoms with Crippen LogP contribution in [0, 0.1) is 5.82 Å². The van der Waals surface area contributed by atoms with E-state index >= 15 is 0 Å². The van der Waals surface area contributed by atoms with Gasteiger partial charge < -0.3 is 9.88 Å². The van der Waals surface area contributed by atoms with Gasteiger partial charge in [0.15, 0.2) is 0 Å². The monoisotopic (exact) mass is 356 g/mol. The number of hydrogen-bond donors (Lipinski definition) is 1. The maximum Gasteiger partial charge on any atom is 0.267 e. The zero-order valence-corrected chi connectivity index (χ0v) is 14.8. The maximum atomic E-state index is 13.7. The molecule has 0 unspecified atom stereocenters. The molecule has 2 heterocycles. The fraction of sp³-hybridized carbons (Fsp3) is 0.350. The second kappa shape index (κ2) is 7.00. The van der Waals surface area contributed by atoms with E-state index in [2.05, 4.69) is 21.3 Å². The molecule has 1 amide bonds. The molecule has 0 saturated heterocycles. The zero-order chi connectivity index (χ0) is 17.2. The first-order chi connectivity index (χ1) is 12.2. The number of nitrogens with one attached hydrogen (secondary N) is 1. The summed E-state index contributed by atoms with van der Waals surface area (Å²) in [5.74, 6) is -0.279. The number of halogens is 1. The van der Waals surface area contributed by atoms with Crippen LogP contribution in [-0.2, 0) is 6.42 Å². The molecule has 25 heavy (non-hydrogen) atoms. The molecule has 4 rings (SSSR count). The van der Waals surface area contributed by atoms with Crippen molar-refractivity contribution in [2.75, 3.05) is 6.54 Å². The Morgan fingerprint density at radius 2 is 2.04 bits per heavy atom. The fourth-order valence-electron chi connectivity index (χ4n) is 3.78. The van der Waals surface area contributed by atoms with Crippen molar-refractivity contribution in [3.05, 3.63) is 58.9 Å². The predicted octanol–water partition coefficient (Wildman–Crippen LogP) is 4.93. The molecule has 5 heteroatoms. The van der Waals surface area contributed by atoms with Crippen molar-refractivity contribution in [1.82, 2.24) is 9.88 Å². The highest BCUT2D eigenvalue weighted by molar-refractivity contribution is 7.17. The van der Waals surface area contributed by atoms with Crippen LogP contribution in [0.3, 0.4) is 0 Å². The van der Waals surface area contributed by atoms with Gasteiger partial charge in [-0.1, -0.05) is 31.0 Å². The normalized spacial score (nSPS) is 15.1. The third-order valence-electron chi connectivity index (χ3n) is 5.02. The lowest BCUT2D eigenvalue weighted by molar-refractivity contribution is 0.0943. The molecule has 3 nitrogen and oxygen atoms in total. The lowest BCUT2D eigenvalue weighted by Crippen LogP contribution is -2.28. The number of carbonyl (C=O) groups is 1. The molecule has 130 valence electrons. The van der Waals surface area contributed by atoms with Gasteiger partial charge in [-0.25, -0.2) is 4.39 Å². The zero-order valence-electron chi connectivity index (χ0n) is 14.0. The Balaban J connectivity index is 1.51. The van der Waals surface area contributed by atoms with Crippen molar-refractivity contribution in [3.8, 4) is 0 Å². The van der Waals surface area contributed by atoms with E-state index in [0.717, 1.165) is 28.8 Å². The van der Waals surface area contributed by atoms with Crippen LogP contribution >= 0.6 is 11.3 Å². The summed E-state index contributed by atoms with van der Waals surface area (Å²) >= 11 is 1.67. The Hall–Kier alpha value is -2.14. The van der Waals surface area contributed by atoms with Crippen LogP contribution in [0.5, 0.6) is 0 Å². The number of rotatable bonds is 5. The largest absolute Gasteiger partial charge is 0.350 e. The molecule has 1 aliphatic rings. The smallest absolute Gasteiger partial charge is 0.267 e. The number of aromatic nitrogens is 1. The van der Waals surface area contributed by atoms with Gasteiger partial charge in [0.25, 0.3) is 5.91 Å². The van der Waals surface area contributed by atoms with Crippen molar-refractivity contribution >= 4 is 27.5 Å². The van der Waals surface area contributed by atoms with Crippen molar-refractivity contribution in [3.63, 3.8) is 0 Å². The van der Waals surface area contributed by atoms with Gasteiger partial charge in [0.1, 0.15) is 11.5 Å². The molecule has 2 aromatic heterocycles. The van der Waals surface area contributed by atoms with Crippen LogP contribution in [-0.4, -0.2) is 17.0 Å². The van der Waals surface area contributed by atoms with Crippen molar-refractivity contribution < 1.29 is 9.18 Å². The van der Waals surface area contributed by atoms with Gasteiger partial charge in [-0.05, 0) is 48.4 Å². The fourth-order valence-corrected chi connectivity index (χ4v) is 4.59. The Kier molecular flexibility index (Phi) is 4.57. The van der Waals surface area contributed by atoms with Crippen LogP contribution in [0.15, 0.2) is 41.8 Å². The number of nitrogens with zero attached hydrogens (tertiary/aromatic N) is 1. The van der Waals surface area contributed by atoms with Crippen molar-refractivity contribution in [2.24, 2.45) is 0 Å². The molecule has 1 saturated carbocycles. The molecule has 3 aromatic rings. The third-order valence-corrected chi connectivity index (χ3v) is 5.87. The number of amides is 1. The van der Waals surface area contributed by atoms with Crippen LogP contribution in [0.25, 0.3) is 10.2 Å². The molecular formula is C20H21FN2OS. The van der Waals surface area contributed by atoms with Crippen molar-refractivity contribution in [2.45, 2.75) is 38.1 Å². The van der Waals surface area contributed by atoms with Gasteiger partial charge in [0.2, 0.25) is 0 Å². The van der Waals surface area contributed by atoms with Gasteiger partial charge in [-0.3, -0.25) is 4.79 Å². The highest BCUT2D eigenvalue weighted by Crippen LogP contribution is 2.36. The average molecular weight is 356 g/mol. The maximum absolute atomic E-state index is 13.7. The van der Waals surface area contributed by atoms with E-state index in [1.165, 1.54) is 18.9 Å². The molecule has 1 N–H and O–H groups in total. The summed E-state index contributed by atoms with van der Waals surface area (Å²) in [6, 6.07) is 11.2. The minimum absolute atomic E-state index is 0.0633. The molecule has 0 spiro atoms. The topological polar surface area (TPSA) is 34.0 Å². The summed E-state index contributed by atoms with van der Waals surface area (Å²) in [4.78, 5) is 12.7. The summed E-state index contributed by atoms with van der Waals surface area (Å²) in [6.07, 6.45) is 5.22.